The lowest BCUT2D eigenvalue weighted by molar-refractivity contribution is 0.0435. The second-order valence-electron chi connectivity index (χ2n) is 10.9. The zero-order chi connectivity index (χ0) is 33.0. The van der Waals surface area contributed by atoms with Gasteiger partial charge in [-0.25, -0.2) is 17.6 Å². The molecule has 0 radical (unpaired) electrons. The molecule has 13 heteroatoms. The van der Waals surface area contributed by atoms with Crippen molar-refractivity contribution < 1.29 is 46.1 Å². The van der Waals surface area contributed by atoms with E-state index in [1.165, 1.54) is 48.8 Å². The van der Waals surface area contributed by atoms with Crippen LogP contribution in [-0.4, -0.2) is 72.2 Å². The minimum Gasteiger partial charge on any atom is -0.496 e. The predicted molar refractivity (Wildman–Crippen MR) is 170 cm³/mol. The molecule has 0 spiro atoms. The predicted octanol–water partition coefficient (Wildman–Crippen LogP) is 5.18. The molecule has 1 aliphatic carbocycles. The molecule has 0 unspecified atom stereocenters. The van der Waals surface area contributed by atoms with Gasteiger partial charge < -0.3 is 29.1 Å². The van der Waals surface area contributed by atoms with E-state index >= 15 is 0 Å². The molecular weight excluding hydrogens is 619 g/mol. The molecule has 0 aliphatic heterocycles. The number of carbonyl (C=O) groups excluding carboxylic acids is 1. The Labute approximate surface area is 265 Å². The first kappa shape index (κ1) is 32.9. The molecule has 0 saturated heterocycles. The first-order valence-corrected chi connectivity index (χ1v) is 16.5. The lowest BCUT2D eigenvalue weighted by Gasteiger charge is -2.25. The first-order valence-electron chi connectivity index (χ1n) is 14.6. The van der Waals surface area contributed by atoms with Crippen LogP contribution in [0.15, 0.2) is 59.0 Å². The highest BCUT2D eigenvalue weighted by Gasteiger charge is 2.33. The van der Waals surface area contributed by atoms with Crippen LogP contribution in [0.4, 0.5) is 10.1 Å². The molecule has 1 saturated carbocycles. The van der Waals surface area contributed by atoms with Crippen molar-refractivity contribution >= 4 is 38.6 Å². The van der Waals surface area contributed by atoms with Crippen LogP contribution in [0, 0.1) is 5.82 Å². The summed E-state index contributed by atoms with van der Waals surface area (Å²) in [5, 5.41) is 12.5. The fourth-order valence-electron chi connectivity index (χ4n) is 5.28. The van der Waals surface area contributed by atoms with E-state index in [1.807, 2.05) is 6.07 Å². The van der Waals surface area contributed by atoms with Crippen LogP contribution in [-0.2, 0) is 26.1 Å². The number of aromatic carboxylic acids is 1. The molecule has 1 amide bonds. The summed E-state index contributed by atoms with van der Waals surface area (Å²) in [5.41, 5.74) is 3.06. The van der Waals surface area contributed by atoms with Gasteiger partial charge in [0, 0.05) is 24.1 Å². The summed E-state index contributed by atoms with van der Waals surface area (Å²) >= 11 is 0. The van der Waals surface area contributed by atoms with Gasteiger partial charge >= 0.3 is 5.97 Å². The van der Waals surface area contributed by atoms with Crippen molar-refractivity contribution in [3.8, 4) is 17.1 Å². The monoisotopic (exact) mass is 654 g/mol. The van der Waals surface area contributed by atoms with Crippen molar-refractivity contribution in [1.82, 2.24) is 5.32 Å². The zero-order valence-corrected chi connectivity index (χ0v) is 26.5. The van der Waals surface area contributed by atoms with Gasteiger partial charge in [-0.1, -0.05) is 6.07 Å². The van der Waals surface area contributed by atoms with Crippen molar-refractivity contribution in [1.29, 1.82) is 0 Å². The van der Waals surface area contributed by atoms with Crippen LogP contribution in [0.3, 0.4) is 0 Å². The Morgan fingerprint density at radius 1 is 1.04 bits per heavy atom. The number of rotatable bonds is 15. The number of benzene rings is 3. The van der Waals surface area contributed by atoms with Crippen molar-refractivity contribution in [2.75, 3.05) is 51.1 Å². The van der Waals surface area contributed by atoms with Crippen LogP contribution in [0.5, 0.6) is 5.75 Å². The number of hydrogen-bond donors (Lipinski definition) is 2. The summed E-state index contributed by atoms with van der Waals surface area (Å²) in [6.07, 6.45) is 2.88. The number of nitrogens with one attached hydrogen (secondary N) is 1. The maximum Gasteiger partial charge on any atom is 0.339 e. The van der Waals surface area contributed by atoms with Gasteiger partial charge in [0.2, 0.25) is 10.0 Å². The van der Waals surface area contributed by atoms with Crippen molar-refractivity contribution in [2.45, 2.75) is 25.4 Å². The number of carboxylic acids is 1. The van der Waals surface area contributed by atoms with Crippen LogP contribution in [0.25, 0.3) is 22.3 Å². The van der Waals surface area contributed by atoms with Gasteiger partial charge in [-0.05, 0) is 72.4 Å². The summed E-state index contributed by atoms with van der Waals surface area (Å²) in [6.45, 7) is 0.649. The largest absolute Gasteiger partial charge is 0.496 e. The van der Waals surface area contributed by atoms with Gasteiger partial charge in [0.25, 0.3) is 5.91 Å². The van der Waals surface area contributed by atoms with E-state index in [1.54, 1.807) is 18.2 Å². The number of carboxylic acid groups (broad SMARTS) is 1. The van der Waals surface area contributed by atoms with Crippen LogP contribution in [0.2, 0.25) is 0 Å². The molecule has 46 heavy (non-hydrogen) atoms. The van der Waals surface area contributed by atoms with Gasteiger partial charge in [-0.3, -0.25) is 9.10 Å². The molecule has 2 N–H and O–H groups in total. The number of methoxy groups -OCH3 is 1. The highest BCUT2D eigenvalue weighted by Crippen LogP contribution is 2.48. The van der Waals surface area contributed by atoms with E-state index in [2.05, 4.69) is 5.32 Å². The minimum absolute atomic E-state index is 0.0261. The number of furan rings is 1. The third-order valence-corrected chi connectivity index (χ3v) is 8.84. The number of carbonyl (C=O) groups is 2. The lowest BCUT2D eigenvalue weighted by atomic mass is 10.0. The van der Waals surface area contributed by atoms with Crippen LogP contribution in [0.1, 0.15) is 50.6 Å². The molecule has 3 aromatic carbocycles. The number of hydrogen-bond acceptors (Lipinski definition) is 8. The van der Waals surface area contributed by atoms with Gasteiger partial charge in [0.1, 0.15) is 28.5 Å². The molecular formula is C33H35FN2O9S. The molecule has 0 atom stereocenters. The average Bonchev–Trinajstić information content (AvgIpc) is 3.81. The van der Waals surface area contributed by atoms with E-state index in [-0.39, 0.29) is 61.9 Å². The summed E-state index contributed by atoms with van der Waals surface area (Å²) in [4.78, 5) is 24.5. The minimum atomic E-state index is -3.75. The Morgan fingerprint density at radius 2 is 1.76 bits per heavy atom. The maximum absolute atomic E-state index is 13.6. The van der Waals surface area contributed by atoms with Gasteiger partial charge in [-0.2, -0.15) is 0 Å². The quantitative estimate of drug-likeness (QED) is 0.166. The normalized spacial score (nSPS) is 13.1. The molecule has 244 valence electrons. The Kier molecular flexibility index (Phi) is 9.94. The Hall–Kier alpha value is -4.46. The molecule has 1 aromatic heterocycles. The Balaban J connectivity index is 1.31. The van der Waals surface area contributed by atoms with E-state index in [9.17, 15) is 27.5 Å². The van der Waals surface area contributed by atoms with Crippen LogP contribution < -0.4 is 14.4 Å². The number of anilines is 1. The molecule has 4 aromatic rings. The molecule has 5 rings (SSSR count). The number of nitrogens with zero attached hydrogens (tertiary/aromatic N) is 1. The number of amides is 1. The summed E-state index contributed by atoms with van der Waals surface area (Å²) < 4.78 is 63.6. The second-order valence-corrected chi connectivity index (χ2v) is 12.8. The third kappa shape index (κ3) is 7.33. The fraction of sp³-hybridized carbons (Fsp3) is 0.333. The van der Waals surface area contributed by atoms with E-state index in [4.69, 9.17) is 18.6 Å². The number of ether oxygens (including phenoxy) is 3. The summed E-state index contributed by atoms with van der Waals surface area (Å²) in [6, 6.07) is 13.8. The Morgan fingerprint density at radius 3 is 2.39 bits per heavy atom. The van der Waals surface area contributed by atoms with Gasteiger partial charge in [-0.15, -0.1) is 0 Å². The lowest BCUT2D eigenvalue weighted by Crippen LogP contribution is -2.34. The second kappa shape index (κ2) is 13.9. The SMILES string of the molecule is CNC(=O)c1c(-c2ccc(F)cc2)oc2cc(N(CCOCCOCc3ccc(OC)c(C(=O)O)c3)S(C)(=O)=O)c(C3CC3)cc12. The topological polar surface area (TPSA) is 145 Å². The van der Waals surface area contributed by atoms with E-state index in [0.717, 1.165) is 24.7 Å². The number of halogens is 1. The number of fused-ring (bicyclic) bond motifs is 1. The van der Waals surface area contributed by atoms with Gasteiger partial charge in [0.15, 0.2) is 0 Å². The molecule has 11 nitrogen and oxygen atoms in total. The first-order chi connectivity index (χ1) is 22.0. The van der Waals surface area contributed by atoms with Gasteiger partial charge in [0.05, 0.1) is 57.6 Å². The average molecular weight is 655 g/mol. The zero-order valence-electron chi connectivity index (χ0n) is 25.7. The highest BCUT2D eigenvalue weighted by molar-refractivity contribution is 7.92. The summed E-state index contributed by atoms with van der Waals surface area (Å²) in [7, 11) is -0.835. The van der Waals surface area contributed by atoms with Crippen molar-refractivity contribution in [3.63, 3.8) is 0 Å². The molecule has 0 bridgehead atoms. The van der Waals surface area contributed by atoms with Crippen LogP contribution >= 0.6 is 0 Å². The smallest absolute Gasteiger partial charge is 0.339 e. The number of sulfonamides is 1. The van der Waals surface area contributed by atoms with E-state index < -0.39 is 21.8 Å². The van der Waals surface area contributed by atoms with E-state index in [0.29, 0.717) is 33.3 Å². The Bertz CT molecular complexity index is 1850. The summed E-state index contributed by atoms with van der Waals surface area (Å²) in [5.74, 6) is -1.27. The third-order valence-electron chi connectivity index (χ3n) is 7.66. The molecule has 1 heterocycles. The van der Waals surface area contributed by atoms with Crippen molar-refractivity contribution in [2.24, 2.45) is 0 Å². The molecule has 1 fully saturated rings. The molecule has 1 aliphatic rings. The highest BCUT2D eigenvalue weighted by atomic mass is 32.2. The maximum atomic E-state index is 13.6. The van der Waals surface area contributed by atoms with Crippen molar-refractivity contribution in [3.05, 3.63) is 82.7 Å². The standard InChI is InChI=1S/C33H35FN2O9S/c1-35-32(37)30-25-17-24(21-5-6-21)27(18-29(25)45-31(30)22-7-9-23(34)10-8-22)36(46(3,40)41)12-13-43-14-15-44-19-20-4-11-28(42-2)26(16-20)33(38)39/h4,7-11,16-18,21H,5-6,12-15,19H2,1-3H3,(H,35,37)(H,38,39). The fourth-order valence-corrected chi connectivity index (χ4v) is 6.20.